The van der Waals surface area contributed by atoms with Gasteiger partial charge in [0.1, 0.15) is 11.5 Å². The maximum Gasteiger partial charge on any atom is 0.118 e. The lowest BCUT2D eigenvalue weighted by molar-refractivity contribution is 0.410. The summed E-state index contributed by atoms with van der Waals surface area (Å²) in [4.78, 5) is 0. The fraction of sp³-hybridized carbons (Fsp3) is 0.444. The second-order valence-corrected chi connectivity index (χ2v) is 5.88. The van der Waals surface area contributed by atoms with Gasteiger partial charge in [-0.25, -0.2) is 0 Å². The van der Waals surface area contributed by atoms with Crippen LogP contribution in [0.4, 0.5) is 0 Å². The summed E-state index contributed by atoms with van der Waals surface area (Å²) in [7, 11) is 1.70. The van der Waals surface area contributed by atoms with Crippen LogP contribution in [0, 0.1) is 5.92 Å². The molecule has 3 nitrogen and oxygen atoms in total. The molecule has 2 aromatic rings. The van der Waals surface area contributed by atoms with E-state index in [0.717, 1.165) is 36.9 Å². The van der Waals surface area contributed by atoms with Crippen LogP contribution in [-0.2, 0) is 12.8 Å². The van der Waals surface area contributed by atoms with Crippen LogP contribution in [0.15, 0.2) is 47.1 Å². The van der Waals surface area contributed by atoms with Crippen molar-refractivity contribution in [1.82, 2.24) is 5.32 Å². The molecule has 0 aliphatic heterocycles. The van der Waals surface area contributed by atoms with Crippen LogP contribution in [0.5, 0.6) is 5.75 Å². The van der Waals surface area contributed by atoms with Gasteiger partial charge in [0, 0.05) is 12.5 Å². The summed E-state index contributed by atoms with van der Waals surface area (Å²) in [5.74, 6) is 2.55. The summed E-state index contributed by atoms with van der Waals surface area (Å²) in [6.07, 6.45) is 6.46. The van der Waals surface area contributed by atoms with Gasteiger partial charge < -0.3 is 14.5 Å². The second kappa shape index (κ2) is 6.81. The average molecular weight is 285 g/mol. The number of benzene rings is 1. The molecular weight excluding hydrogens is 262 g/mol. The normalized spacial score (nSPS) is 15.9. The molecule has 1 saturated carbocycles. The van der Waals surface area contributed by atoms with E-state index in [1.54, 1.807) is 13.4 Å². The number of methoxy groups -OCH3 is 1. The summed E-state index contributed by atoms with van der Waals surface area (Å²) in [5, 5.41) is 3.65. The van der Waals surface area contributed by atoms with Gasteiger partial charge >= 0.3 is 0 Å². The van der Waals surface area contributed by atoms with Gasteiger partial charge in [-0.15, -0.1) is 0 Å². The largest absolute Gasteiger partial charge is 0.497 e. The standard InChI is InChI=1S/C18H23NO2/c1-20-17-8-4-14(5-9-17)11-15(13-19-16-6-7-16)12-18-3-2-10-21-18/h2-5,8-10,15-16,19H,6-7,11-13H2,1H3. The second-order valence-electron chi connectivity index (χ2n) is 5.88. The SMILES string of the molecule is COc1ccc(CC(CNC2CC2)Cc2ccco2)cc1. The summed E-state index contributed by atoms with van der Waals surface area (Å²) in [6.45, 7) is 1.05. The lowest BCUT2D eigenvalue weighted by Crippen LogP contribution is -2.27. The maximum atomic E-state index is 5.51. The molecule has 3 rings (SSSR count). The zero-order valence-electron chi connectivity index (χ0n) is 12.5. The number of hydrogen-bond donors (Lipinski definition) is 1. The molecule has 1 aromatic heterocycles. The van der Waals surface area contributed by atoms with Gasteiger partial charge in [0.2, 0.25) is 0 Å². The highest BCUT2D eigenvalue weighted by Gasteiger charge is 2.22. The summed E-state index contributed by atoms with van der Waals surface area (Å²) < 4.78 is 10.7. The van der Waals surface area contributed by atoms with Crippen LogP contribution in [0.1, 0.15) is 24.2 Å². The number of nitrogens with one attached hydrogen (secondary N) is 1. The molecule has 1 aromatic carbocycles. The predicted molar refractivity (Wildman–Crippen MR) is 83.6 cm³/mol. The lowest BCUT2D eigenvalue weighted by atomic mass is 9.95. The number of rotatable bonds is 8. The van der Waals surface area contributed by atoms with Crippen molar-refractivity contribution in [2.24, 2.45) is 5.92 Å². The van der Waals surface area contributed by atoms with E-state index in [-0.39, 0.29) is 0 Å². The monoisotopic (exact) mass is 285 g/mol. The smallest absolute Gasteiger partial charge is 0.118 e. The molecule has 1 atom stereocenters. The van der Waals surface area contributed by atoms with Gasteiger partial charge in [0.25, 0.3) is 0 Å². The van der Waals surface area contributed by atoms with Gasteiger partial charge in [0.15, 0.2) is 0 Å². The molecule has 1 heterocycles. The highest BCUT2D eigenvalue weighted by atomic mass is 16.5. The molecule has 1 aliphatic carbocycles. The zero-order valence-corrected chi connectivity index (χ0v) is 12.5. The molecule has 0 radical (unpaired) electrons. The first-order valence-corrected chi connectivity index (χ1v) is 7.72. The number of ether oxygens (including phenoxy) is 1. The number of hydrogen-bond acceptors (Lipinski definition) is 3. The molecule has 0 bridgehead atoms. The van der Waals surface area contributed by atoms with Gasteiger partial charge in [-0.2, -0.15) is 0 Å². The van der Waals surface area contributed by atoms with E-state index in [4.69, 9.17) is 9.15 Å². The Morgan fingerprint density at radius 1 is 1.19 bits per heavy atom. The first-order chi connectivity index (χ1) is 10.3. The highest BCUT2D eigenvalue weighted by molar-refractivity contribution is 5.27. The Morgan fingerprint density at radius 2 is 2.00 bits per heavy atom. The molecule has 3 heteroatoms. The van der Waals surface area contributed by atoms with Crippen LogP contribution in [0.3, 0.4) is 0 Å². The van der Waals surface area contributed by atoms with Crippen molar-refractivity contribution in [1.29, 1.82) is 0 Å². The average Bonchev–Trinajstić information content (AvgIpc) is 3.21. The highest BCUT2D eigenvalue weighted by Crippen LogP contribution is 2.21. The Morgan fingerprint density at radius 3 is 2.62 bits per heavy atom. The predicted octanol–water partition coefficient (Wildman–Crippen LogP) is 3.44. The quantitative estimate of drug-likeness (QED) is 0.807. The first-order valence-electron chi connectivity index (χ1n) is 7.72. The van der Waals surface area contributed by atoms with Gasteiger partial charge in [-0.3, -0.25) is 0 Å². The fourth-order valence-electron chi connectivity index (χ4n) is 2.65. The van der Waals surface area contributed by atoms with Gasteiger partial charge in [-0.1, -0.05) is 12.1 Å². The van der Waals surface area contributed by atoms with E-state index in [1.165, 1.54) is 18.4 Å². The zero-order chi connectivity index (χ0) is 14.5. The minimum atomic E-state index is 0.560. The molecule has 1 aliphatic rings. The summed E-state index contributed by atoms with van der Waals surface area (Å²) in [6, 6.07) is 13.2. The van der Waals surface area contributed by atoms with Crippen molar-refractivity contribution in [2.45, 2.75) is 31.7 Å². The molecular formula is C18H23NO2. The third-order valence-electron chi connectivity index (χ3n) is 4.03. The van der Waals surface area contributed by atoms with E-state index < -0.39 is 0 Å². The van der Waals surface area contributed by atoms with E-state index in [1.807, 2.05) is 18.2 Å². The molecule has 1 unspecified atom stereocenters. The van der Waals surface area contributed by atoms with E-state index in [0.29, 0.717) is 5.92 Å². The molecule has 0 amide bonds. The van der Waals surface area contributed by atoms with Gasteiger partial charge in [-0.05, 0) is 61.6 Å². The van der Waals surface area contributed by atoms with E-state index >= 15 is 0 Å². The Hall–Kier alpha value is -1.74. The van der Waals surface area contributed by atoms with Crippen LogP contribution >= 0.6 is 0 Å². The van der Waals surface area contributed by atoms with Crippen molar-refractivity contribution in [3.8, 4) is 5.75 Å². The van der Waals surface area contributed by atoms with Crippen molar-refractivity contribution in [3.63, 3.8) is 0 Å². The topological polar surface area (TPSA) is 34.4 Å². The van der Waals surface area contributed by atoms with Gasteiger partial charge in [0.05, 0.1) is 13.4 Å². The minimum absolute atomic E-state index is 0.560. The minimum Gasteiger partial charge on any atom is -0.497 e. The third kappa shape index (κ3) is 4.36. The maximum absolute atomic E-state index is 5.51. The lowest BCUT2D eigenvalue weighted by Gasteiger charge is -2.17. The Bertz CT molecular complexity index is 529. The number of furan rings is 1. The van der Waals surface area contributed by atoms with Crippen molar-refractivity contribution in [2.75, 3.05) is 13.7 Å². The third-order valence-corrected chi connectivity index (χ3v) is 4.03. The van der Waals surface area contributed by atoms with E-state index in [9.17, 15) is 0 Å². The van der Waals surface area contributed by atoms with Crippen LogP contribution in [0.2, 0.25) is 0 Å². The van der Waals surface area contributed by atoms with E-state index in [2.05, 4.69) is 23.5 Å². The summed E-state index contributed by atoms with van der Waals surface area (Å²) >= 11 is 0. The van der Waals surface area contributed by atoms with Crippen molar-refractivity contribution in [3.05, 3.63) is 54.0 Å². The molecule has 1 N–H and O–H groups in total. The molecule has 21 heavy (non-hydrogen) atoms. The fourth-order valence-corrected chi connectivity index (χ4v) is 2.65. The summed E-state index contributed by atoms with van der Waals surface area (Å²) in [5.41, 5.74) is 1.35. The Kier molecular flexibility index (Phi) is 4.61. The molecule has 1 fully saturated rings. The van der Waals surface area contributed by atoms with Crippen molar-refractivity contribution < 1.29 is 9.15 Å². The molecule has 0 spiro atoms. The Labute approximate surface area is 126 Å². The van der Waals surface area contributed by atoms with Crippen LogP contribution in [0.25, 0.3) is 0 Å². The molecule has 112 valence electrons. The Balaban J connectivity index is 1.61. The first kappa shape index (κ1) is 14.2. The van der Waals surface area contributed by atoms with Crippen molar-refractivity contribution >= 4 is 0 Å². The van der Waals surface area contributed by atoms with Crippen LogP contribution in [-0.4, -0.2) is 19.7 Å². The van der Waals surface area contributed by atoms with Crippen LogP contribution < -0.4 is 10.1 Å². The molecule has 0 saturated heterocycles.